The fraction of sp³-hybridized carbons (Fsp3) is 0.455. The molecule has 1 saturated carbocycles. The number of fused-ring (bicyclic) bond motifs is 1. The number of allylic oxidation sites excluding steroid dienone is 1. The monoisotopic (exact) mass is 456 g/mol. The van der Waals surface area contributed by atoms with Crippen LogP contribution >= 0.6 is 0 Å². The lowest BCUT2D eigenvalue weighted by molar-refractivity contribution is 0.249. The van der Waals surface area contributed by atoms with Crippen molar-refractivity contribution in [3.63, 3.8) is 0 Å². The van der Waals surface area contributed by atoms with Crippen molar-refractivity contribution in [3.8, 4) is 11.1 Å². The molecule has 0 atom stereocenters. The third-order valence-electron chi connectivity index (χ3n) is 7.96. The lowest BCUT2D eigenvalue weighted by atomic mass is 9.78. The molecule has 0 amide bonds. The highest BCUT2D eigenvalue weighted by atomic mass is 19.1. The standard InChI is InChI=1S/C33H41F/c1-3-5-7-8-25-10-12-26(13-11-25)14-15-27-16-18-28(19-17-27)30-22-23-32-31(24-30)21-20-29(33(32)34)9-6-4-2/h4,16-26H,2-3,5-15H2,1H3. The molecule has 180 valence electrons. The van der Waals surface area contributed by atoms with E-state index in [2.05, 4.69) is 49.9 Å². The van der Waals surface area contributed by atoms with Gasteiger partial charge < -0.3 is 0 Å². The molecule has 0 N–H and O–H groups in total. The van der Waals surface area contributed by atoms with Crippen LogP contribution in [0.5, 0.6) is 0 Å². The van der Waals surface area contributed by atoms with Gasteiger partial charge in [-0.05, 0) is 71.2 Å². The molecule has 1 aliphatic rings. The van der Waals surface area contributed by atoms with Crippen molar-refractivity contribution in [2.24, 2.45) is 11.8 Å². The van der Waals surface area contributed by atoms with Crippen LogP contribution in [0.4, 0.5) is 4.39 Å². The van der Waals surface area contributed by atoms with Crippen molar-refractivity contribution in [1.82, 2.24) is 0 Å². The van der Waals surface area contributed by atoms with E-state index in [9.17, 15) is 4.39 Å². The van der Waals surface area contributed by atoms with E-state index in [-0.39, 0.29) is 5.82 Å². The molecule has 4 rings (SSSR count). The molecule has 0 spiro atoms. The van der Waals surface area contributed by atoms with Crippen LogP contribution < -0.4 is 0 Å². The van der Waals surface area contributed by atoms with Gasteiger partial charge in [0.05, 0.1) is 0 Å². The van der Waals surface area contributed by atoms with Gasteiger partial charge in [0.1, 0.15) is 5.82 Å². The van der Waals surface area contributed by atoms with E-state index in [1.54, 1.807) is 0 Å². The van der Waals surface area contributed by atoms with Crippen molar-refractivity contribution in [2.75, 3.05) is 0 Å². The van der Waals surface area contributed by atoms with Gasteiger partial charge in [0.25, 0.3) is 0 Å². The number of aryl methyl sites for hydroxylation is 2. The predicted octanol–water partition coefficient (Wildman–Crippen LogP) is 10.1. The molecule has 3 aromatic rings. The van der Waals surface area contributed by atoms with E-state index in [0.717, 1.165) is 34.8 Å². The number of rotatable bonds is 11. The van der Waals surface area contributed by atoms with Crippen molar-refractivity contribution in [3.05, 3.63) is 84.2 Å². The molecule has 34 heavy (non-hydrogen) atoms. The fourth-order valence-corrected chi connectivity index (χ4v) is 5.69. The van der Waals surface area contributed by atoms with E-state index >= 15 is 0 Å². The summed E-state index contributed by atoms with van der Waals surface area (Å²) >= 11 is 0. The van der Waals surface area contributed by atoms with Gasteiger partial charge in [-0.25, -0.2) is 4.39 Å². The molecular weight excluding hydrogens is 415 g/mol. The zero-order chi connectivity index (χ0) is 23.8. The second kappa shape index (κ2) is 12.3. The predicted molar refractivity (Wildman–Crippen MR) is 146 cm³/mol. The first-order valence-corrected chi connectivity index (χ1v) is 13.6. The summed E-state index contributed by atoms with van der Waals surface area (Å²) in [6.07, 6.45) is 17.2. The van der Waals surface area contributed by atoms with Gasteiger partial charge in [-0.1, -0.05) is 113 Å². The Morgan fingerprint density at radius 2 is 1.53 bits per heavy atom. The average Bonchev–Trinajstić information content (AvgIpc) is 2.88. The van der Waals surface area contributed by atoms with E-state index in [1.165, 1.54) is 75.3 Å². The molecule has 0 radical (unpaired) electrons. The maximum atomic E-state index is 14.9. The molecule has 3 aromatic carbocycles. The van der Waals surface area contributed by atoms with Crippen molar-refractivity contribution in [2.45, 2.75) is 84.0 Å². The maximum Gasteiger partial charge on any atom is 0.134 e. The molecule has 1 fully saturated rings. The molecule has 1 heteroatoms. The first kappa shape index (κ1) is 24.7. The van der Waals surface area contributed by atoms with Crippen LogP contribution in [-0.2, 0) is 12.8 Å². The van der Waals surface area contributed by atoms with Crippen LogP contribution in [0.2, 0.25) is 0 Å². The highest BCUT2D eigenvalue weighted by Crippen LogP contribution is 2.34. The number of hydrogen-bond donors (Lipinski definition) is 0. The van der Waals surface area contributed by atoms with E-state index < -0.39 is 0 Å². The molecule has 0 heterocycles. The van der Waals surface area contributed by atoms with Gasteiger partial charge >= 0.3 is 0 Å². The Hall–Kier alpha value is -2.41. The van der Waals surface area contributed by atoms with E-state index in [4.69, 9.17) is 0 Å². The van der Waals surface area contributed by atoms with E-state index in [0.29, 0.717) is 11.8 Å². The third-order valence-corrected chi connectivity index (χ3v) is 7.96. The van der Waals surface area contributed by atoms with Crippen LogP contribution in [0, 0.1) is 17.7 Å². The second-order valence-electron chi connectivity index (χ2n) is 10.4. The number of halogens is 1. The maximum absolute atomic E-state index is 14.9. The van der Waals surface area contributed by atoms with Gasteiger partial charge in [0.2, 0.25) is 0 Å². The Kier molecular flexibility index (Phi) is 8.97. The highest BCUT2D eigenvalue weighted by Gasteiger charge is 2.20. The summed E-state index contributed by atoms with van der Waals surface area (Å²) in [5.74, 6) is 1.82. The Morgan fingerprint density at radius 3 is 2.24 bits per heavy atom. The van der Waals surface area contributed by atoms with Gasteiger partial charge in [0.15, 0.2) is 0 Å². The third kappa shape index (κ3) is 6.38. The molecular formula is C33H41F. The quantitative estimate of drug-likeness (QED) is 0.199. The van der Waals surface area contributed by atoms with Crippen molar-refractivity contribution in [1.29, 1.82) is 0 Å². The lowest BCUT2D eigenvalue weighted by Crippen LogP contribution is -2.15. The van der Waals surface area contributed by atoms with Gasteiger partial charge in [-0.2, -0.15) is 0 Å². The molecule has 1 aliphatic carbocycles. The summed E-state index contributed by atoms with van der Waals surface area (Å²) in [6.45, 7) is 6.04. The Morgan fingerprint density at radius 1 is 0.824 bits per heavy atom. The Labute approximate surface area is 206 Å². The minimum atomic E-state index is -0.0868. The number of benzene rings is 3. The zero-order valence-corrected chi connectivity index (χ0v) is 21.0. The molecule has 0 bridgehead atoms. The first-order chi connectivity index (χ1) is 16.7. The fourth-order valence-electron chi connectivity index (χ4n) is 5.69. The van der Waals surface area contributed by atoms with E-state index in [1.807, 2.05) is 24.3 Å². The summed E-state index contributed by atoms with van der Waals surface area (Å²) in [7, 11) is 0. The summed E-state index contributed by atoms with van der Waals surface area (Å²) in [4.78, 5) is 0. The average molecular weight is 457 g/mol. The summed E-state index contributed by atoms with van der Waals surface area (Å²) in [6, 6.07) is 19.1. The van der Waals surface area contributed by atoms with Crippen LogP contribution in [-0.4, -0.2) is 0 Å². The smallest absolute Gasteiger partial charge is 0.134 e. The largest absolute Gasteiger partial charge is 0.206 e. The van der Waals surface area contributed by atoms with Crippen LogP contribution in [0.1, 0.15) is 82.3 Å². The zero-order valence-electron chi connectivity index (χ0n) is 21.0. The van der Waals surface area contributed by atoms with Crippen molar-refractivity contribution < 1.29 is 4.39 Å². The van der Waals surface area contributed by atoms with Gasteiger partial charge in [-0.15, -0.1) is 6.58 Å². The topological polar surface area (TPSA) is 0 Å². The minimum absolute atomic E-state index is 0.0868. The van der Waals surface area contributed by atoms with Gasteiger partial charge in [-0.3, -0.25) is 0 Å². The molecule has 0 aliphatic heterocycles. The first-order valence-electron chi connectivity index (χ1n) is 13.6. The van der Waals surface area contributed by atoms with Crippen LogP contribution in [0.3, 0.4) is 0 Å². The van der Waals surface area contributed by atoms with Crippen LogP contribution in [0.15, 0.2) is 67.3 Å². The van der Waals surface area contributed by atoms with Gasteiger partial charge in [0, 0.05) is 5.39 Å². The molecule has 0 nitrogen and oxygen atoms in total. The number of hydrogen-bond acceptors (Lipinski definition) is 0. The normalized spacial score (nSPS) is 18.3. The summed E-state index contributed by atoms with van der Waals surface area (Å²) in [5.41, 5.74) is 4.56. The lowest BCUT2D eigenvalue weighted by Gasteiger charge is -2.28. The minimum Gasteiger partial charge on any atom is -0.206 e. The van der Waals surface area contributed by atoms with Crippen molar-refractivity contribution >= 4 is 10.8 Å². The molecule has 0 saturated heterocycles. The second-order valence-corrected chi connectivity index (χ2v) is 10.4. The highest BCUT2D eigenvalue weighted by molar-refractivity contribution is 5.88. The number of unbranched alkanes of at least 4 members (excludes halogenated alkanes) is 2. The summed E-state index contributed by atoms with van der Waals surface area (Å²) in [5, 5.41) is 1.67. The SMILES string of the molecule is C=CCCc1ccc2cc(-c3ccc(CCC4CCC(CCCCC)CC4)cc3)ccc2c1F. The Bertz CT molecular complexity index is 1050. The molecule has 0 aromatic heterocycles. The Balaban J connectivity index is 1.32. The van der Waals surface area contributed by atoms with Crippen LogP contribution in [0.25, 0.3) is 21.9 Å². The molecule has 0 unspecified atom stereocenters. The summed E-state index contributed by atoms with van der Waals surface area (Å²) < 4.78 is 14.9.